The number of fused-ring (bicyclic) bond motifs is 1. The molecule has 3 aromatic rings. The topological polar surface area (TPSA) is 26.3 Å². The van der Waals surface area contributed by atoms with Gasteiger partial charge in [-0.3, -0.25) is 0 Å². The van der Waals surface area contributed by atoms with Crippen LogP contribution in [-0.2, 0) is 17.6 Å². The summed E-state index contributed by atoms with van der Waals surface area (Å²) in [6.07, 6.45) is 3.19. The molecule has 0 spiro atoms. The van der Waals surface area contributed by atoms with Crippen LogP contribution in [0.4, 0.5) is 0 Å². The Morgan fingerprint density at radius 1 is 0.840 bits per heavy atom. The molecular weight excluding hydrogens is 308 g/mol. The standard InChI is InChI=1S/C23H20O2/c1-25-23(24)21-15-20(16-9-4-2-5-10-16)18-13-8-14-19(18)22(21)17-11-6-3-7-12-17/h2-7,9-12,15H,8,13-14H2,1H3. The highest BCUT2D eigenvalue weighted by molar-refractivity contribution is 6.01. The van der Waals surface area contributed by atoms with Crippen LogP contribution in [0.1, 0.15) is 27.9 Å². The molecule has 0 heterocycles. The molecule has 3 aromatic carbocycles. The molecule has 0 saturated carbocycles. The van der Waals surface area contributed by atoms with Crippen LogP contribution >= 0.6 is 0 Å². The first-order valence-corrected chi connectivity index (χ1v) is 8.67. The third-order valence-corrected chi connectivity index (χ3v) is 4.96. The van der Waals surface area contributed by atoms with Gasteiger partial charge in [0.1, 0.15) is 0 Å². The molecule has 0 aromatic heterocycles. The van der Waals surface area contributed by atoms with Gasteiger partial charge in [-0.25, -0.2) is 4.79 Å². The predicted octanol–water partition coefficient (Wildman–Crippen LogP) is 5.30. The van der Waals surface area contributed by atoms with E-state index in [4.69, 9.17) is 4.74 Å². The maximum atomic E-state index is 12.6. The van der Waals surface area contributed by atoms with Crippen LogP contribution in [0.3, 0.4) is 0 Å². The molecule has 0 amide bonds. The van der Waals surface area contributed by atoms with E-state index in [1.54, 1.807) is 0 Å². The minimum Gasteiger partial charge on any atom is -0.465 e. The van der Waals surface area contributed by atoms with E-state index >= 15 is 0 Å². The van der Waals surface area contributed by atoms with Gasteiger partial charge < -0.3 is 4.74 Å². The monoisotopic (exact) mass is 328 g/mol. The fourth-order valence-electron chi connectivity index (χ4n) is 3.86. The zero-order valence-corrected chi connectivity index (χ0v) is 14.3. The highest BCUT2D eigenvalue weighted by Crippen LogP contribution is 2.41. The van der Waals surface area contributed by atoms with E-state index in [1.807, 2.05) is 42.5 Å². The molecule has 0 unspecified atom stereocenters. The van der Waals surface area contributed by atoms with Crippen molar-refractivity contribution in [1.82, 2.24) is 0 Å². The van der Waals surface area contributed by atoms with Crippen LogP contribution in [0, 0.1) is 0 Å². The number of carbonyl (C=O) groups excluding carboxylic acids is 1. The summed E-state index contributed by atoms with van der Waals surface area (Å²) in [5.41, 5.74) is 7.78. The number of benzene rings is 3. The van der Waals surface area contributed by atoms with Gasteiger partial charge in [0.05, 0.1) is 12.7 Å². The van der Waals surface area contributed by atoms with Crippen molar-refractivity contribution in [2.75, 3.05) is 7.11 Å². The SMILES string of the molecule is COC(=O)c1cc(-c2ccccc2)c2c(c1-c1ccccc1)CCC2. The minimum absolute atomic E-state index is 0.272. The average molecular weight is 328 g/mol. The number of ether oxygens (including phenoxy) is 1. The molecule has 0 fully saturated rings. The quantitative estimate of drug-likeness (QED) is 0.610. The van der Waals surface area contributed by atoms with Gasteiger partial charge >= 0.3 is 5.97 Å². The Bertz CT molecular complexity index is 912. The highest BCUT2D eigenvalue weighted by atomic mass is 16.5. The van der Waals surface area contributed by atoms with Gasteiger partial charge in [-0.2, -0.15) is 0 Å². The third kappa shape index (κ3) is 2.74. The van der Waals surface area contributed by atoms with Crippen molar-refractivity contribution in [1.29, 1.82) is 0 Å². The normalized spacial score (nSPS) is 12.7. The van der Waals surface area contributed by atoms with Crippen molar-refractivity contribution in [3.05, 3.63) is 83.4 Å². The zero-order valence-electron chi connectivity index (χ0n) is 14.3. The van der Waals surface area contributed by atoms with Crippen molar-refractivity contribution >= 4 is 5.97 Å². The largest absolute Gasteiger partial charge is 0.465 e. The molecular formula is C23H20O2. The van der Waals surface area contributed by atoms with Crippen molar-refractivity contribution in [2.45, 2.75) is 19.3 Å². The lowest BCUT2D eigenvalue weighted by molar-refractivity contribution is 0.0601. The third-order valence-electron chi connectivity index (χ3n) is 4.96. The van der Waals surface area contributed by atoms with Gasteiger partial charge in [0, 0.05) is 0 Å². The Morgan fingerprint density at radius 2 is 1.44 bits per heavy atom. The number of methoxy groups -OCH3 is 1. The maximum Gasteiger partial charge on any atom is 0.338 e. The summed E-state index contributed by atoms with van der Waals surface area (Å²) in [5, 5.41) is 0. The van der Waals surface area contributed by atoms with Crippen molar-refractivity contribution in [3.8, 4) is 22.3 Å². The lowest BCUT2D eigenvalue weighted by Crippen LogP contribution is -2.07. The molecule has 2 nitrogen and oxygen atoms in total. The first-order chi connectivity index (χ1) is 12.3. The van der Waals surface area contributed by atoms with Crippen LogP contribution in [0.2, 0.25) is 0 Å². The molecule has 1 aliphatic rings. The molecule has 0 N–H and O–H groups in total. The van der Waals surface area contributed by atoms with Crippen LogP contribution in [-0.4, -0.2) is 13.1 Å². The Hall–Kier alpha value is -2.87. The molecule has 25 heavy (non-hydrogen) atoms. The smallest absolute Gasteiger partial charge is 0.338 e. The molecule has 4 rings (SSSR count). The number of esters is 1. The van der Waals surface area contributed by atoms with Crippen LogP contribution in [0.15, 0.2) is 66.7 Å². The van der Waals surface area contributed by atoms with E-state index in [1.165, 1.54) is 18.2 Å². The van der Waals surface area contributed by atoms with E-state index in [9.17, 15) is 4.79 Å². The van der Waals surface area contributed by atoms with Crippen LogP contribution in [0.5, 0.6) is 0 Å². The van der Waals surface area contributed by atoms with Crippen LogP contribution < -0.4 is 0 Å². The number of hydrogen-bond acceptors (Lipinski definition) is 2. The Labute approximate surface area is 148 Å². The van der Waals surface area contributed by atoms with E-state index < -0.39 is 0 Å². The molecule has 2 heteroatoms. The highest BCUT2D eigenvalue weighted by Gasteiger charge is 2.26. The summed E-state index contributed by atoms with van der Waals surface area (Å²) in [6, 6.07) is 22.5. The molecule has 0 bridgehead atoms. The van der Waals surface area contributed by atoms with E-state index in [2.05, 4.69) is 24.3 Å². The summed E-state index contributed by atoms with van der Waals surface area (Å²) in [4.78, 5) is 12.6. The molecule has 0 atom stereocenters. The molecule has 0 radical (unpaired) electrons. The summed E-state index contributed by atoms with van der Waals surface area (Å²) in [5.74, 6) is -0.272. The van der Waals surface area contributed by atoms with Crippen molar-refractivity contribution in [2.24, 2.45) is 0 Å². The predicted molar refractivity (Wildman–Crippen MR) is 101 cm³/mol. The number of rotatable bonds is 3. The summed E-state index contributed by atoms with van der Waals surface area (Å²) in [7, 11) is 1.45. The summed E-state index contributed by atoms with van der Waals surface area (Å²) < 4.78 is 5.11. The zero-order chi connectivity index (χ0) is 17.2. The van der Waals surface area contributed by atoms with Gasteiger partial charge in [-0.1, -0.05) is 60.7 Å². The molecule has 124 valence electrons. The summed E-state index contributed by atoms with van der Waals surface area (Å²) >= 11 is 0. The number of hydrogen-bond donors (Lipinski definition) is 0. The number of carbonyl (C=O) groups is 1. The lowest BCUT2D eigenvalue weighted by atomic mass is 9.87. The molecule has 1 aliphatic carbocycles. The van der Waals surface area contributed by atoms with Gasteiger partial charge in [-0.15, -0.1) is 0 Å². The van der Waals surface area contributed by atoms with Gasteiger partial charge in [0.25, 0.3) is 0 Å². The Kier molecular flexibility index (Phi) is 4.10. The minimum atomic E-state index is -0.272. The maximum absolute atomic E-state index is 12.6. The first kappa shape index (κ1) is 15.6. The molecule has 0 saturated heterocycles. The fraction of sp³-hybridized carbons (Fsp3) is 0.174. The van der Waals surface area contributed by atoms with Crippen molar-refractivity contribution < 1.29 is 9.53 Å². The first-order valence-electron chi connectivity index (χ1n) is 8.67. The van der Waals surface area contributed by atoms with Gasteiger partial charge in [0.2, 0.25) is 0 Å². The van der Waals surface area contributed by atoms with E-state index in [0.717, 1.165) is 41.5 Å². The second-order valence-electron chi connectivity index (χ2n) is 6.38. The Balaban J connectivity index is 2.03. The lowest BCUT2D eigenvalue weighted by Gasteiger charge is -2.18. The van der Waals surface area contributed by atoms with Crippen LogP contribution in [0.25, 0.3) is 22.3 Å². The van der Waals surface area contributed by atoms with Gasteiger partial charge in [0.15, 0.2) is 0 Å². The second kappa shape index (κ2) is 6.56. The Morgan fingerprint density at radius 3 is 2.08 bits per heavy atom. The average Bonchev–Trinajstić information content (AvgIpc) is 3.17. The summed E-state index contributed by atoms with van der Waals surface area (Å²) in [6.45, 7) is 0. The van der Waals surface area contributed by atoms with Crippen molar-refractivity contribution in [3.63, 3.8) is 0 Å². The fourth-order valence-corrected chi connectivity index (χ4v) is 3.86. The van der Waals surface area contributed by atoms with E-state index in [0.29, 0.717) is 5.56 Å². The molecule has 0 aliphatic heterocycles. The second-order valence-corrected chi connectivity index (χ2v) is 6.38. The van der Waals surface area contributed by atoms with E-state index in [-0.39, 0.29) is 5.97 Å². The van der Waals surface area contributed by atoms with Gasteiger partial charge in [-0.05, 0) is 58.7 Å².